The Kier molecular flexibility index (Phi) is 4.22. The van der Waals surface area contributed by atoms with Gasteiger partial charge in [-0.3, -0.25) is 10.1 Å². The van der Waals surface area contributed by atoms with E-state index in [1.165, 1.54) is 6.07 Å². The van der Waals surface area contributed by atoms with E-state index >= 15 is 0 Å². The first-order valence-corrected chi connectivity index (χ1v) is 8.47. The number of aryl methyl sites for hydroxylation is 1. The average molecular weight is 370 g/mol. The minimum absolute atomic E-state index is 0.0412. The van der Waals surface area contributed by atoms with E-state index < -0.39 is 4.92 Å². The van der Waals surface area contributed by atoms with E-state index in [-0.39, 0.29) is 5.69 Å². The molecule has 0 aliphatic carbocycles. The van der Waals surface area contributed by atoms with Gasteiger partial charge in [-0.15, -0.1) is 0 Å². The van der Waals surface area contributed by atoms with Crippen LogP contribution in [0.1, 0.15) is 17.1 Å². The normalized spacial score (nSPS) is 11.5. The molecular weight excluding hydrogens is 356 g/mol. The van der Waals surface area contributed by atoms with Crippen molar-refractivity contribution < 1.29 is 9.34 Å². The number of benzene rings is 2. The molecule has 0 amide bonds. The quantitative estimate of drug-likeness (QED) is 0.305. The standard InChI is InChI=1S/C21H14N4O3/c1-13-6-8-17-18(10-13)24-21(23-17)14(12-22)11-15-7-9-20(28-15)16-4-2-3-5-19(16)25(26)27/h2-11H,1H3,(H,23,24)/b14-11+. The van der Waals surface area contributed by atoms with E-state index in [1.807, 2.05) is 25.1 Å². The third-order valence-electron chi connectivity index (χ3n) is 4.29. The van der Waals surface area contributed by atoms with Crippen molar-refractivity contribution in [3.8, 4) is 17.4 Å². The highest BCUT2D eigenvalue weighted by atomic mass is 16.6. The van der Waals surface area contributed by atoms with Crippen molar-refractivity contribution in [2.75, 3.05) is 0 Å². The monoisotopic (exact) mass is 370 g/mol. The van der Waals surface area contributed by atoms with Gasteiger partial charge < -0.3 is 9.40 Å². The summed E-state index contributed by atoms with van der Waals surface area (Å²) >= 11 is 0. The number of aromatic nitrogens is 2. The third-order valence-corrected chi connectivity index (χ3v) is 4.29. The largest absolute Gasteiger partial charge is 0.456 e. The fourth-order valence-corrected chi connectivity index (χ4v) is 2.96. The van der Waals surface area contributed by atoms with Gasteiger partial charge in [0.05, 0.1) is 27.1 Å². The topological polar surface area (TPSA) is 109 Å². The number of aromatic amines is 1. The fourth-order valence-electron chi connectivity index (χ4n) is 2.96. The Hall–Kier alpha value is -4.18. The van der Waals surface area contributed by atoms with E-state index in [0.29, 0.717) is 28.5 Å². The summed E-state index contributed by atoms with van der Waals surface area (Å²) in [5, 5.41) is 20.8. The van der Waals surface area contributed by atoms with Crippen LogP contribution in [0, 0.1) is 28.4 Å². The summed E-state index contributed by atoms with van der Waals surface area (Å²) in [6.07, 6.45) is 1.56. The van der Waals surface area contributed by atoms with Crippen LogP contribution in [0.25, 0.3) is 34.0 Å². The first kappa shape index (κ1) is 17.2. The molecular formula is C21H14N4O3. The van der Waals surface area contributed by atoms with Crippen LogP contribution in [0.5, 0.6) is 0 Å². The number of imidazole rings is 1. The molecule has 0 saturated carbocycles. The number of nitro benzene ring substituents is 1. The molecule has 7 nitrogen and oxygen atoms in total. The predicted molar refractivity (Wildman–Crippen MR) is 105 cm³/mol. The molecule has 0 aliphatic heterocycles. The zero-order valence-electron chi connectivity index (χ0n) is 14.8. The molecule has 0 fully saturated rings. The molecule has 0 aliphatic rings. The number of furan rings is 1. The van der Waals surface area contributed by atoms with Crippen molar-refractivity contribution in [1.29, 1.82) is 5.26 Å². The number of fused-ring (bicyclic) bond motifs is 1. The number of para-hydroxylation sites is 1. The zero-order chi connectivity index (χ0) is 19.7. The Morgan fingerprint density at radius 1 is 1.25 bits per heavy atom. The maximum absolute atomic E-state index is 11.2. The summed E-state index contributed by atoms with van der Waals surface area (Å²) in [5.41, 5.74) is 3.34. The Labute approximate surface area is 159 Å². The van der Waals surface area contributed by atoms with E-state index in [2.05, 4.69) is 16.0 Å². The van der Waals surface area contributed by atoms with Gasteiger partial charge in [0.1, 0.15) is 23.4 Å². The third kappa shape index (κ3) is 3.15. The first-order chi connectivity index (χ1) is 13.5. The van der Waals surface area contributed by atoms with Crippen LogP contribution >= 0.6 is 0 Å². The van der Waals surface area contributed by atoms with Gasteiger partial charge in [-0.2, -0.15) is 5.26 Å². The maximum atomic E-state index is 11.2. The highest BCUT2D eigenvalue weighted by molar-refractivity contribution is 5.90. The second-order valence-corrected chi connectivity index (χ2v) is 6.25. The second kappa shape index (κ2) is 6.85. The van der Waals surface area contributed by atoms with Crippen molar-refractivity contribution in [2.24, 2.45) is 0 Å². The van der Waals surface area contributed by atoms with Crippen LogP contribution in [0.15, 0.2) is 59.0 Å². The lowest BCUT2D eigenvalue weighted by molar-refractivity contribution is -0.384. The highest BCUT2D eigenvalue weighted by Gasteiger charge is 2.17. The molecule has 0 bridgehead atoms. The minimum atomic E-state index is -0.454. The number of hydrogen-bond donors (Lipinski definition) is 1. The van der Waals surface area contributed by atoms with Gasteiger partial charge in [-0.25, -0.2) is 4.98 Å². The molecule has 0 spiro atoms. The maximum Gasteiger partial charge on any atom is 0.280 e. The summed E-state index contributed by atoms with van der Waals surface area (Å²) in [6.45, 7) is 1.98. The summed E-state index contributed by atoms with van der Waals surface area (Å²) in [5.74, 6) is 1.20. The van der Waals surface area contributed by atoms with Gasteiger partial charge in [0.2, 0.25) is 0 Å². The van der Waals surface area contributed by atoms with Gasteiger partial charge in [0.15, 0.2) is 0 Å². The number of nitriles is 1. The summed E-state index contributed by atoms with van der Waals surface area (Å²) in [4.78, 5) is 18.3. The van der Waals surface area contributed by atoms with Crippen molar-refractivity contribution in [3.63, 3.8) is 0 Å². The number of allylic oxidation sites excluding steroid dienone is 1. The number of hydrogen-bond acceptors (Lipinski definition) is 5. The highest BCUT2D eigenvalue weighted by Crippen LogP contribution is 2.31. The van der Waals surface area contributed by atoms with Crippen LogP contribution in [0.4, 0.5) is 5.69 Å². The Morgan fingerprint density at radius 2 is 2.07 bits per heavy atom. The molecule has 4 aromatic rings. The number of H-pyrrole nitrogens is 1. The predicted octanol–water partition coefficient (Wildman–Crippen LogP) is 5.10. The Morgan fingerprint density at radius 3 is 2.86 bits per heavy atom. The number of rotatable bonds is 4. The molecule has 0 unspecified atom stereocenters. The summed E-state index contributed by atoms with van der Waals surface area (Å²) in [7, 11) is 0. The molecule has 2 aromatic heterocycles. The number of nitro groups is 1. The smallest absolute Gasteiger partial charge is 0.280 e. The lowest BCUT2D eigenvalue weighted by Gasteiger charge is -1.98. The molecule has 0 saturated heterocycles. The van der Waals surface area contributed by atoms with Crippen LogP contribution in [0.3, 0.4) is 0 Å². The van der Waals surface area contributed by atoms with E-state index in [0.717, 1.165) is 16.6 Å². The van der Waals surface area contributed by atoms with Crippen LogP contribution in [-0.2, 0) is 0 Å². The van der Waals surface area contributed by atoms with E-state index in [9.17, 15) is 15.4 Å². The van der Waals surface area contributed by atoms with Crippen molar-refractivity contribution >= 4 is 28.4 Å². The lowest BCUT2D eigenvalue weighted by Crippen LogP contribution is -1.90. The molecule has 136 valence electrons. The minimum Gasteiger partial charge on any atom is -0.456 e. The summed E-state index contributed by atoms with van der Waals surface area (Å²) in [6, 6.07) is 17.6. The molecule has 0 atom stereocenters. The van der Waals surface area contributed by atoms with Gasteiger partial charge in [-0.05, 0) is 42.8 Å². The van der Waals surface area contributed by atoms with Crippen LogP contribution < -0.4 is 0 Å². The first-order valence-electron chi connectivity index (χ1n) is 8.47. The SMILES string of the molecule is Cc1ccc2nc(/C(C#N)=C/c3ccc(-c4ccccc4[N+](=O)[O-])o3)[nH]c2c1. The number of nitrogens with one attached hydrogen (secondary N) is 1. The van der Waals surface area contributed by atoms with Crippen LogP contribution in [0.2, 0.25) is 0 Å². The Bertz CT molecular complexity index is 1270. The average Bonchev–Trinajstić information content (AvgIpc) is 3.32. The molecule has 0 radical (unpaired) electrons. The van der Waals surface area contributed by atoms with Gasteiger partial charge in [-0.1, -0.05) is 18.2 Å². The molecule has 2 heterocycles. The Balaban J connectivity index is 1.72. The van der Waals surface area contributed by atoms with Gasteiger partial charge in [0, 0.05) is 12.1 Å². The molecule has 4 rings (SSSR count). The van der Waals surface area contributed by atoms with Crippen molar-refractivity contribution in [2.45, 2.75) is 6.92 Å². The van der Waals surface area contributed by atoms with Crippen LogP contribution in [-0.4, -0.2) is 14.9 Å². The summed E-state index contributed by atoms with van der Waals surface area (Å²) < 4.78 is 5.73. The van der Waals surface area contributed by atoms with Gasteiger partial charge in [0.25, 0.3) is 5.69 Å². The van der Waals surface area contributed by atoms with E-state index in [4.69, 9.17) is 4.42 Å². The molecule has 7 heteroatoms. The fraction of sp³-hybridized carbons (Fsp3) is 0.0476. The van der Waals surface area contributed by atoms with Crippen molar-refractivity contribution in [1.82, 2.24) is 9.97 Å². The number of nitrogens with zero attached hydrogens (tertiary/aromatic N) is 3. The molecule has 1 N–H and O–H groups in total. The second-order valence-electron chi connectivity index (χ2n) is 6.25. The zero-order valence-corrected chi connectivity index (χ0v) is 14.8. The van der Waals surface area contributed by atoms with Gasteiger partial charge >= 0.3 is 0 Å². The van der Waals surface area contributed by atoms with Crippen molar-refractivity contribution in [3.05, 3.63) is 81.9 Å². The lowest BCUT2D eigenvalue weighted by atomic mass is 10.1. The molecule has 2 aromatic carbocycles. The van der Waals surface area contributed by atoms with E-state index in [1.54, 1.807) is 36.4 Å². The molecule has 28 heavy (non-hydrogen) atoms.